The minimum Gasteiger partial charge on any atom is -0.470 e. The van der Waals surface area contributed by atoms with Crippen LogP contribution in [0.25, 0.3) is 11.3 Å². The van der Waals surface area contributed by atoms with Crippen molar-refractivity contribution in [1.29, 1.82) is 0 Å². The first kappa shape index (κ1) is 10.8. The average molecular weight is 254 g/mol. The predicted molar refractivity (Wildman–Crippen MR) is 71.4 cm³/mol. The molecule has 1 fully saturated rings. The normalized spacial score (nSPS) is 20.3. The van der Waals surface area contributed by atoms with Gasteiger partial charge >= 0.3 is 0 Å². The van der Waals surface area contributed by atoms with Crippen LogP contribution in [0, 0.1) is 0 Å². The number of para-hydroxylation sites is 1. The van der Waals surface area contributed by atoms with Crippen molar-refractivity contribution in [3.05, 3.63) is 36.0 Å². The number of nitrogens with one attached hydrogen (secondary N) is 1. The number of anilines is 1. The van der Waals surface area contributed by atoms with Crippen molar-refractivity contribution in [3.63, 3.8) is 0 Å². The molecular weight excluding hydrogens is 240 g/mol. The second kappa shape index (κ2) is 3.93. The van der Waals surface area contributed by atoms with Gasteiger partial charge in [0.1, 0.15) is 5.75 Å². The molecule has 2 aliphatic rings. The molecule has 5 heteroatoms. The molecule has 2 aromatic rings. The van der Waals surface area contributed by atoms with E-state index in [1.807, 2.05) is 24.3 Å². The number of nitrogens with two attached hydrogens (primary N) is 1. The minimum absolute atomic E-state index is 0.182. The summed E-state index contributed by atoms with van der Waals surface area (Å²) in [6.07, 6.45) is 3.98. The Morgan fingerprint density at radius 1 is 1.26 bits per heavy atom. The molecule has 1 aromatic carbocycles. The number of benzene rings is 1. The van der Waals surface area contributed by atoms with E-state index in [0.29, 0.717) is 12.0 Å². The Kier molecular flexibility index (Phi) is 2.22. The Balaban J connectivity index is 1.85. The van der Waals surface area contributed by atoms with E-state index in [2.05, 4.69) is 15.3 Å². The summed E-state index contributed by atoms with van der Waals surface area (Å²) in [5.41, 5.74) is 8.51. The number of ether oxygens (including phenoxy) is 1. The Labute approximate surface area is 110 Å². The van der Waals surface area contributed by atoms with Crippen LogP contribution in [0.4, 0.5) is 5.95 Å². The van der Waals surface area contributed by atoms with E-state index < -0.39 is 0 Å². The highest BCUT2D eigenvalue weighted by Gasteiger charge is 2.32. The molecule has 1 aliphatic carbocycles. The fourth-order valence-electron chi connectivity index (χ4n) is 2.36. The maximum Gasteiger partial charge on any atom is 0.220 e. The fourth-order valence-corrected chi connectivity index (χ4v) is 2.36. The van der Waals surface area contributed by atoms with Gasteiger partial charge in [0, 0.05) is 17.8 Å². The topological polar surface area (TPSA) is 73.1 Å². The van der Waals surface area contributed by atoms with Gasteiger partial charge in [-0.25, -0.2) is 9.97 Å². The van der Waals surface area contributed by atoms with Crippen LogP contribution in [0.2, 0.25) is 0 Å². The lowest BCUT2D eigenvalue weighted by Crippen LogP contribution is -2.31. The molecule has 4 rings (SSSR count). The van der Waals surface area contributed by atoms with Crippen molar-refractivity contribution >= 4 is 5.95 Å². The van der Waals surface area contributed by atoms with Crippen LogP contribution in [-0.4, -0.2) is 16.0 Å². The molecule has 1 saturated carbocycles. The number of fused-ring (bicyclic) bond motifs is 3. The highest BCUT2D eigenvalue weighted by molar-refractivity contribution is 5.72. The molecule has 0 spiro atoms. The molecular formula is C14H14N4O. The lowest BCUT2D eigenvalue weighted by atomic mass is 10.0. The van der Waals surface area contributed by atoms with Crippen LogP contribution in [0.5, 0.6) is 5.75 Å². The summed E-state index contributed by atoms with van der Waals surface area (Å²) in [6, 6.07) is 8.42. The standard InChI is InChI=1S/C14H14N4O/c15-14-16-7-10-12(18-14)9-3-1-2-4-11(9)19-13(10)17-8-5-6-8/h1-4,7-8,13,17H,5-6H2,(H2,15,16,18). The molecule has 0 saturated heterocycles. The summed E-state index contributed by atoms with van der Waals surface area (Å²) < 4.78 is 6.02. The summed E-state index contributed by atoms with van der Waals surface area (Å²) in [5, 5.41) is 3.47. The number of aromatic nitrogens is 2. The van der Waals surface area contributed by atoms with Gasteiger partial charge < -0.3 is 10.5 Å². The molecule has 19 heavy (non-hydrogen) atoms. The van der Waals surface area contributed by atoms with Crippen molar-refractivity contribution in [3.8, 4) is 17.0 Å². The second-order valence-electron chi connectivity index (χ2n) is 4.97. The van der Waals surface area contributed by atoms with E-state index in [0.717, 1.165) is 22.6 Å². The van der Waals surface area contributed by atoms with E-state index >= 15 is 0 Å². The molecule has 2 heterocycles. The van der Waals surface area contributed by atoms with Crippen molar-refractivity contribution in [2.24, 2.45) is 0 Å². The molecule has 96 valence electrons. The lowest BCUT2D eigenvalue weighted by Gasteiger charge is -2.28. The number of rotatable bonds is 2. The van der Waals surface area contributed by atoms with Crippen molar-refractivity contribution in [2.45, 2.75) is 25.1 Å². The second-order valence-corrected chi connectivity index (χ2v) is 4.97. The van der Waals surface area contributed by atoms with E-state index in [1.165, 1.54) is 12.8 Å². The highest BCUT2D eigenvalue weighted by atomic mass is 16.5. The van der Waals surface area contributed by atoms with Crippen LogP contribution in [0.1, 0.15) is 24.6 Å². The van der Waals surface area contributed by atoms with Crippen LogP contribution in [0.3, 0.4) is 0 Å². The monoisotopic (exact) mass is 254 g/mol. The molecule has 5 nitrogen and oxygen atoms in total. The van der Waals surface area contributed by atoms with Gasteiger partial charge in [-0.2, -0.15) is 0 Å². The van der Waals surface area contributed by atoms with E-state index in [4.69, 9.17) is 10.5 Å². The van der Waals surface area contributed by atoms with Crippen LogP contribution < -0.4 is 15.8 Å². The van der Waals surface area contributed by atoms with E-state index in [-0.39, 0.29) is 6.23 Å². The molecule has 0 radical (unpaired) electrons. The summed E-state index contributed by atoms with van der Waals surface area (Å²) in [7, 11) is 0. The molecule has 0 bridgehead atoms. The third-order valence-corrected chi connectivity index (χ3v) is 3.47. The molecule has 1 unspecified atom stereocenters. The summed E-state index contributed by atoms with van der Waals surface area (Å²) >= 11 is 0. The summed E-state index contributed by atoms with van der Waals surface area (Å²) in [4.78, 5) is 8.47. The summed E-state index contributed by atoms with van der Waals surface area (Å²) in [6.45, 7) is 0. The molecule has 1 atom stereocenters. The SMILES string of the molecule is Nc1ncc2c(n1)-c1ccccc1OC2NC1CC1. The highest BCUT2D eigenvalue weighted by Crippen LogP contribution is 2.41. The van der Waals surface area contributed by atoms with Crippen LogP contribution >= 0.6 is 0 Å². The van der Waals surface area contributed by atoms with Gasteiger partial charge in [-0.1, -0.05) is 12.1 Å². The van der Waals surface area contributed by atoms with Crippen LogP contribution in [0.15, 0.2) is 30.5 Å². The van der Waals surface area contributed by atoms with E-state index in [1.54, 1.807) is 6.20 Å². The zero-order chi connectivity index (χ0) is 12.8. The Bertz CT molecular complexity index is 639. The van der Waals surface area contributed by atoms with Crippen molar-refractivity contribution in [1.82, 2.24) is 15.3 Å². The van der Waals surface area contributed by atoms with Crippen molar-refractivity contribution < 1.29 is 4.74 Å². The maximum absolute atomic E-state index is 6.02. The third kappa shape index (κ3) is 1.82. The number of nitrogen functional groups attached to an aromatic ring is 1. The Morgan fingerprint density at radius 3 is 2.95 bits per heavy atom. The molecule has 1 aromatic heterocycles. The van der Waals surface area contributed by atoms with Gasteiger partial charge in [0.05, 0.1) is 11.3 Å². The number of hydrogen-bond acceptors (Lipinski definition) is 5. The molecule has 0 amide bonds. The van der Waals surface area contributed by atoms with Gasteiger partial charge in [-0.15, -0.1) is 0 Å². The van der Waals surface area contributed by atoms with Crippen LogP contribution in [-0.2, 0) is 0 Å². The third-order valence-electron chi connectivity index (χ3n) is 3.47. The zero-order valence-electron chi connectivity index (χ0n) is 10.3. The quantitative estimate of drug-likeness (QED) is 0.856. The largest absolute Gasteiger partial charge is 0.470 e. The minimum atomic E-state index is -0.182. The fraction of sp³-hybridized carbons (Fsp3) is 0.286. The Morgan fingerprint density at radius 2 is 2.11 bits per heavy atom. The first-order chi connectivity index (χ1) is 9.31. The van der Waals surface area contributed by atoms with Gasteiger partial charge in [-0.3, -0.25) is 5.32 Å². The number of hydrogen-bond donors (Lipinski definition) is 2. The van der Waals surface area contributed by atoms with Gasteiger partial charge in [0.15, 0.2) is 6.23 Å². The van der Waals surface area contributed by atoms with Gasteiger partial charge in [0.2, 0.25) is 5.95 Å². The van der Waals surface area contributed by atoms with Crippen molar-refractivity contribution in [2.75, 3.05) is 5.73 Å². The average Bonchev–Trinajstić information content (AvgIpc) is 3.23. The first-order valence-corrected chi connectivity index (χ1v) is 6.46. The maximum atomic E-state index is 6.02. The number of nitrogens with zero attached hydrogens (tertiary/aromatic N) is 2. The Hall–Kier alpha value is -2.14. The molecule has 3 N–H and O–H groups in total. The smallest absolute Gasteiger partial charge is 0.220 e. The zero-order valence-corrected chi connectivity index (χ0v) is 10.3. The van der Waals surface area contributed by atoms with E-state index in [9.17, 15) is 0 Å². The first-order valence-electron chi connectivity index (χ1n) is 6.46. The lowest BCUT2D eigenvalue weighted by molar-refractivity contribution is 0.160. The van der Waals surface area contributed by atoms with Gasteiger partial charge in [-0.05, 0) is 25.0 Å². The summed E-state index contributed by atoms with van der Waals surface area (Å²) in [5.74, 6) is 1.13. The van der Waals surface area contributed by atoms with Gasteiger partial charge in [0.25, 0.3) is 0 Å². The predicted octanol–water partition coefficient (Wildman–Crippen LogP) is 1.87. The molecule has 1 aliphatic heterocycles.